The van der Waals surface area contributed by atoms with E-state index in [9.17, 15) is 0 Å². The smallest absolute Gasteiger partial charge is 0.231 e. The molecule has 2 aliphatic rings. The van der Waals surface area contributed by atoms with Gasteiger partial charge in [0.05, 0.1) is 3.79 Å². The SMILES string of the molecule is Brc1ccc(C(CCNC2CCC2)Oc2cccc3c2OCO3)s1. The Bertz CT molecular complexity index is 701. The van der Waals surface area contributed by atoms with Crippen molar-refractivity contribution in [3.8, 4) is 17.2 Å². The molecule has 24 heavy (non-hydrogen) atoms. The second kappa shape index (κ2) is 7.33. The van der Waals surface area contributed by atoms with Gasteiger partial charge in [-0.15, -0.1) is 11.3 Å². The van der Waals surface area contributed by atoms with Gasteiger partial charge >= 0.3 is 0 Å². The third-order valence-corrected chi connectivity index (χ3v) is 6.20. The molecule has 1 aliphatic heterocycles. The van der Waals surface area contributed by atoms with E-state index in [4.69, 9.17) is 14.2 Å². The van der Waals surface area contributed by atoms with Crippen LogP contribution in [0.4, 0.5) is 0 Å². The lowest BCUT2D eigenvalue weighted by atomic mass is 9.93. The predicted molar refractivity (Wildman–Crippen MR) is 98.2 cm³/mol. The fourth-order valence-corrected chi connectivity index (χ4v) is 4.43. The molecule has 1 aromatic carbocycles. The van der Waals surface area contributed by atoms with Gasteiger partial charge in [-0.2, -0.15) is 0 Å². The summed E-state index contributed by atoms with van der Waals surface area (Å²) >= 11 is 5.27. The average molecular weight is 410 g/mol. The molecule has 2 aromatic rings. The highest BCUT2D eigenvalue weighted by Gasteiger charge is 2.23. The third kappa shape index (κ3) is 3.55. The molecule has 0 saturated heterocycles. The Hall–Kier alpha value is -1.24. The first-order valence-corrected chi connectivity index (χ1v) is 9.94. The predicted octanol–water partition coefficient (Wildman–Crippen LogP) is 4.89. The molecule has 4 nitrogen and oxygen atoms in total. The molecule has 128 valence electrons. The van der Waals surface area contributed by atoms with Crippen molar-refractivity contribution >= 4 is 27.3 Å². The van der Waals surface area contributed by atoms with Crippen molar-refractivity contribution in [3.05, 3.63) is 39.0 Å². The highest BCUT2D eigenvalue weighted by atomic mass is 79.9. The summed E-state index contributed by atoms with van der Waals surface area (Å²) in [6, 6.07) is 10.7. The van der Waals surface area contributed by atoms with Crippen molar-refractivity contribution in [2.45, 2.75) is 37.8 Å². The summed E-state index contributed by atoms with van der Waals surface area (Å²) in [6.07, 6.45) is 4.88. The van der Waals surface area contributed by atoms with Gasteiger partial charge in [0.25, 0.3) is 0 Å². The summed E-state index contributed by atoms with van der Waals surface area (Å²) in [5.74, 6) is 2.22. The summed E-state index contributed by atoms with van der Waals surface area (Å²) in [5, 5.41) is 3.62. The summed E-state index contributed by atoms with van der Waals surface area (Å²) in [4.78, 5) is 1.22. The number of hydrogen-bond donors (Lipinski definition) is 1. The molecule has 1 aliphatic carbocycles. The van der Waals surface area contributed by atoms with Crippen LogP contribution in [0.15, 0.2) is 34.1 Å². The molecule has 1 unspecified atom stereocenters. The van der Waals surface area contributed by atoms with E-state index in [0.717, 1.165) is 28.3 Å². The first-order chi connectivity index (χ1) is 11.8. The first kappa shape index (κ1) is 16.2. The Balaban J connectivity index is 1.48. The maximum absolute atomic E-state index is 6.33. The van der Waals surface area contributed by atoms with Crippen molar-refractivity contribution < 1.29 is 14.2 Å². The van der Waals surface area contributed by atoms with Gasteiger partial charge in [0.1, 0.15) is 6.10 Å². The highest BCUT2D eigenvalue weighted by molar-refractivity contribution is 9.11. The van der Waals surface area contributed by atoms with E-state index in [1.54, 1.807) is 11.3 Å². The van der Waals surface area contributed by atoms with E-state index < -0.39 is 0 Å². The van der Waals surface area contributed by atoms with Crippen LogP contribution in [0.3, 0.4) is 0 Å². The minimum absolute atomic E-state index is 0.00424. The van der Waals surface area contributed by atoms with Gasteiger partial charge in [0, 0.05) is 17.3 Å². The molecule has 4 rings (SSSR count). The third-order valence-electron chi connectivity index (χ3n) is 4.49. The molecule has 1 atom stereocenters. The van der Waals surface area contributed by atoms with Crippen molar-refractivity contribution in [2.75, 3.05) is 13.3 Å². The lowest BCUT2D eigenvalue weighted by Crippen LogP contribution is -2.36. The maximum atomic E-state index is 6.33. The van der Waals surface area contributed by atoms with E-state index in [1.165, 1.54) is 24.1 Å². The van der Waals surface area contributed by atoms with Gasteiger partial charge in [-0.3, -0.25) is 0 Å². The van der Waals surface area contributed by atoms with Crippen molar-refractivity contribution in [2.24, 2.45) is 0 Å². The average Bonchev–Trinajstić information content (AvgIpc) is 3.17. The van der Waals surface area contributed by atoms with Crippen LogP contribution in [0.1, 0.15) is 36.7 Å². The van der Waals surface area contributed by atoms with Gasteiger partial charge in [0.2, 0.25) is 12.5 Å². The Kier molecular flexibility index (Phi) is 4.96. The monoisotopic (exact) mass is 409 g/mol. The van der Waals surface area contributed by atoms with Crippen LogP contribution < -0.4 is 19.5 Å². The minimum atomic E-state index is 0.00424. The van der Waals surface area contributed by atoms with Crippen LogP contribution in [0.2, 0.25) is 0 Å². The molecule has 1 fully saturated rings. The molecule has 2 heterocycles. The van der Waals surface area contributed by atoms with E-state index in [0.29, 0.717) is 11.8 Å². The van der Waals surface area contributed by atoms with Crippen LogP contribution in [0.5, 0.6) is 17.2 Å². The van der Waals surface area contributed by atoms with Gasteiger partial charge in [0.15, 0.2) is 11.5 Å². The number of halogens is 1. The van der Waals surface area contributed by atoms with Crippen LogP contribution in [0.25, 0.3) is 0 Å². The zero-order valence-corrected chi connectivity index (χ0v) is 15.7. The summed E-state index contributed by atoms with van der Waals surface area (Å²) in [5.41, 5.74) is 0. The minimum Gasteiger partial charge on any atom is -0.481 e. The molecule has 6 heteroatoms. The quantitative estimate of drug-likeness (QED) is 0.706. The van der Waals surface area contributed by atoms with Crippen molar-refractivity contribution in [3.63, 3.8) is 0 Å². The number of ether oxygens (including phenoxy) is 3. The van der Waals surface area contributed by atoms with Gasteiger partial charge in [-0.1, -0.05) is 12.5 Å². The number of fused-ring (bicyclic) bond motifs is 1. The highest BCUT2D eigenvalue weighted by Crippen LogP contribution is 2.43. The van der Waals surface area contributed by atoms with E-state index >= 15 is 0 Å². The van der Waals surface area contributed by atoms with E-state index in [2.05, 4.69) is 33.4 Å². The number of nitrogens with one attached hydrogen (secondary N) is 1. The Morgan fingerprint density at radius 2 is 2.17 bits per heavy atom. The fraction of sp³-hybridized carbons (Fsp3) is 0.444. The maximum Gasteiger partial charge on any atom is 0.231 e. The first-order valence-electron chi connectivity index (χ1n) is 8.33. The second-order valence-electron chi connectivity index (χ2n) is 6.11. The summed E-state index contributed by atoms with van der Waals surface area (Å²) in [6.45, 7) is 1.21. The normalized spacial score (nSPS) is 17.5. The van der Waals surface area contributed by atoms with Gasteiger partial charge in [-0.25, -0.2) is 0 Å². The van der Waals surface area contributed by atoms with Gasteiger partial charge in [-0.05, 0) is 59.6 Å². The summed E-state index contributed by atoms with van der Waals surface area (Å²) < 4.78 is 18.5. The molecule has 1 saturated carbocycles. The molecule has 1 N–H and O–H groups in total. The van der Waals surface area contributed by atoms with E-state index in [-0.39, 0.29) is 12.9 Å². The van der Waals surface area contributed by atoms with Gasteiger partial charge < -0.3 is 19.5 Å². The zero-order chi connectivity index (χ0) is 16.4. The number of benzene rings is 1. The molecule has 0 radical (unpaired) electrons. The Labute approximate surface area is 154 Å². The number of para-hydroxylation sites is 1. The van der Waals surface area contributed by atoms with Crippen LogP contribution in [0, 0.1) is 0 Å². The van der Waals surface area contributed by atoms with Crippen LogP contribution >= 0.6 is 27.3 Å². The Morgan fingerprint density at radius 3 is 2.92 bits per heavy atom. The molecule has 0 spiro atoms. The number of thiophene rings is 1. The molecular weight excluding hydrogens is 390 g/mol. The molecule has 0 amide bonds. The number of rotatable bonds is 7. The largest absolute Gasteiger partial charge is 0.481 e. The standard InChI is InChI=1S/C18H20BrNO3S/c19-17-8-7-16(24-17)13(9-10-20-12-3-1-4-12)23-15-6-2-5-14-18(15)22-11-21-14/h2,5-8,12-13,20H,1,3-4,9-11H2. The fourth-order valence-electron chi connectivity index (χ4n) is 2.94. The van der Waals surface area contributed by atoms with E-state index in [1.807, 2.05) is 18.2 Å². The number of hydrogen-bond acceptors (Lipinski definition) is 5. The lowest BCUT2D eigenvalue weighted by Gasteiger charge is -2.27. The van der Waals surface area contributed by atoms with Crippen molar-refractivity contribution in [1.82, 2.24) is 5.32 Å². The lowest BCUT2D eigenvalue weighted by molar-refractivity contribution is 0.157. The molecule has 1 aromatic heterocycles. The van der Waals surface area contributed by atoms with Crippen LogP contribution in [-0.2, 0) is 0 Å². The molecule has 0 bridgehead atoms. The Morgan fingerprint density at radius 1 is 1.25 bits per heavy atom. The van der Waals surface area contributed by atoms with Crippen molar-refractivity contribution in [1.29, 1.82) is 0 Å². The topological polar surface area (TPSA) is 39.7 Å². The molecular formula is C18H20BrNO3S. The van der Waals surface area contributed by atoms with Crippen LogP contribution in [-0.4, -0.2) is 19.4 Å². The summed E-state index contributed by atoms with van der Waals surface area (Å²) in [7, 11) is 0. The second-order valence-corrected chi connectivity index (χ2v) is 8.60. The zero-order valence-electron chi connectivity index (χ0n) is 13.3.